The molecule has 6 heteroatoms. The normalized spacial score (nSPS) is 13.2. The van der Waals surface area contributed by atoms with Crippen LogP contribution in [0.1, 0.15) is 23.1 Å². The first-order valence-electron chi connectivity index (χ1n) is 9.81. The van der Waals surface area contributed by atoms with Crippen LogP contribution in [0.3, 0.4) is 0 Å². The molecule has 152 valence electrons. The summed E-state index contributed by atoms with van der Waals surface area (Å²) in [7, 11) is 3.41. The second-order valence-electron chi connectivity index (χ2n) is 7.32. The summed E-state index contributed by atoms with van der Waals surface area (Å²) in [5.41, 5.74) is 2.79. The van der Waals surface area contributed by atoms with Gasteiger partial charge in [-0.2, -0.15) is 0 Å². The molecule has 4 rings (SSSR count). The van der Waals surface area contributed by atoms with E-state index in [0.29, 0.717) is 25.2 Å². The molecule has 0 unspecified atom stereocenters. The third-order valence-electron chi connectivity index (χ3n) is 5.27. The molecule has 1 aliphatic rings. The van der Waals surface area contributed by atoms with Crippen molar-refractivity contribution in [1.29, 1.82) is 0 Å². The van der Waals surface area contributed by atoms with E-state index < -0.39 is 0 Å². The molecule has 2 heterocycles. The summed E-state index contributed by atoms with van der Waals surface area (Å²) in [6.45, 7) is 0.433. The molecule has 2 amide bonds. The Morgan fingerprint density at radius 3 is 2.90 bits per heavy atom. The second-order valence-corrected chi connectivity index (χ2v) is 7.32. The van der Waals surface area contributed by atoms with Crippen molar-refractivity contribution in [3.8, 4) is 5.75 Å². The Balaban J connectivity index is 1.51. The molecule has 0 atom stereocenters. The van der Waals surface area contributed by atoms with E-state index in [9.17, 15) is 9.59 Å². The maximum Gasteiger partial charge on any atom is 0.246 e. The number of hydrogen-bond donors (Lipinski definition) is 1. The first-order chi connectivity index (χ1) is 14.5. The highest BCUT2D eigenvalue weighted by molar-refractivity contribution is 5.94. The largest absolute Gasteiger partial charge is 0.496 e. The highest BCUT2D eigenvalue weighted by Crippen LogP contribution is 2.29. The van der Waals surface area contributed by atoms with Gasteiger partial charge in [-0.25, -0.2) is 4.98 Å². The molecule has 3 aromatic rings. The average molecular weight is 401 g/mol. The van der Waals surface area contributed by atoms with Gasteiger partial charge in [-0.1, -0.05) is 30.3 Å². The summed E-state index contributed by atoms with van der Waals surface area (Å²) >= 11 is 0. The second kappa shape index (κ2) is 8.37. The van der Waals surface area contributed by atoms with Crippen LogP contribution in [-0.4, -0.2) is 35.9 Å². The van der Waals surface area contributed by atoms with Gasteiger partial charge in [0.1, 0.15) is 11.6 Å². The summed E-state index contributed by atoms with van der Waals surface area (Å²) in [4.78, 5) is 30.1. The number of amides is 2. The Labute approximate surface area is 175 Å². The van der Waals surface area contributed by atoms with Gasteiger partial charge in [0.15, 0.2) is 0 Å². The smallest absolute Gasteiger partial charge is 0.246 e. The minimum Gasteiger partial charge on any atom is -0.496 e. The zero-order chi connectivity index (χ0) is 21.1. The van der Waals surface area contributed by atoms with E-state index in [4.69, 9.17) is 4.74 Å². The Kier molecular flexibility index (Phi) is 5.48. The number of carbonyl (C=O) groups excluding carboxylic acids is 2. The third kappa shape index (κ3) is 4.03. The predicted molar refractivity (Wildman–Crippen MR) is 117 cm³/mol. The number of carbonyl (C=O) groups is 2. The van der Waals surface area contributed by atoms with Crippen molar-refractivity contribution in [2.75, 3.05) is 19.5 Å². The maximum absolute atomic E-state index is 12.7. The number of methoxy groups -OCH3 is 1. The summed E-state index contributed by atoms with van der Waals surface area (Å²) in [6.07, 6.45) is 6.06. The lowest BCUT2D eigenvalue weighted by Gasteiger charge is -2.19. The number of benzene rings is 2. The molecule has 2 aromatic carbocycles. The fourth-order valence-electron chi connectivity index (χ4n) is 3.65. The molecule has 1 aliphatic heterocycles. The quantitative estimate of drug-likeness (QED) is 0.660. The number of aryl methyl sites for hydroxylation is 1. The van der Waals surface area contributed by atoms with Gasteiger partial charge in [-0.3, -0.25) is 9.59 Å². The number of aromatic nitrogens is 1. The van der Waals surface area contributed by atoms with Gasteiger partial charge in [-0.15, -0.1) is 0 Å². The van der Waals surface area contributed by atoms with E-state index in [1.165, 1.54) is 0 Å². The zero-order valence-corrected chi connectivity index (χ0v) is 17.0. The molecule has 0 saturated heterocycles. The Bertz CT molecular complexity index is 1150. The summed E-state index contributed by atoms with van der Waals surface area (Å²) in [5.74, 6) is 1.24. The van der Waals surface area contributed by atoms with Crippen LogP contribution in [0.4, 0.5) is 5.82 Å². The maximum atomic E-state index is 12.7. The van der Waals surface area contributed by atoms with Gasteiger partial charge in [0.2, 0.25) is 11.8 Å². The Morgan fingerprint density at radius 2 is 2.07 bits per heavy atom. The first kappa shape index (κ1) is 19.6. The van der Waals surface area contributed by atoms with Gasteiger partial charge in [-0.05, 0) is 46.5 Å². The molecule has 30 heavy (non-hydrogen) atoms. The molecule has 0 radical (unpaired) electrons. The number of rotatable bonds is 5. The van der Waals surface area contributed by atoms with Crippen LogP contribution in [-0.2, 0) is 22.6 Å². The standard InChI is InChI=1S/C24H23N3O3/c1-27(15-20-19-6-4-3-5-17(19)8-10-21(20)30-2)23(29)12-7-16-13-18-9-11-22(28)26-24(18)25-14-16/h3-8,10,12-14H,9,11,15H2,1-2H3,(H,25,26,28)/b12-7+. The lowest BCUT2D eigenvalue weighted by atomic mass is 10.0. The predicted octanol–water partition coefficient (Wildman–Crippen LogP) is 3.80. The van der Waals surface area contributed by atoms with Crippen LogP contribution in [0.15, 0.2) is 54.7 Å². The zero-order valence-electron chi connectivity index (χ0n) is 17.0. The number of likely N-dealkylation sites (N-methyl/N-ethyl adjacent to an activating group) is 1. The van der Waals surface area contributed by atoms with Gasteiger partial charge >= 0.3 is 0 Å². The Morgan fingerprint density at radius 1 is 1.23 bits per heavy atom. The molecule has 0 aliphatic carbocycles. The van der Waals surface area contributed by atoms with E-state index in [2.05, 4.69) is 10.3 Å². The van der Waals surface area contributed by atoms with Crippen molar-refractivity contribution in [3.63, 3.8) is 0 Å². The lowest BCUT2D eigenvalue weighted by molar-refractivity contribution is -0.125. The summed E-state index contributed by atoms with van der Waals surface area (Å²) in [5, 5.41) is 4.94. The average Bonchev–Trinajstić information content (AvgIpc) is 2.77. The molecule has 6 nitrogen and oxygen atoms in total. The van der Waals surface area contributed by atoms with Gasteiger partial charge in [0.05, 0.1) is 7.11 Å². The summed E-state index contributed by atoms with van der Waals surface area (Å²) < 4.78 is 5.53. The van der Waals surface area contributed by atoms with Crippen LogP contribution < -0.4 is 10.1 Å². The highest BCUT2D eigenvalue weighted by atomic mass is 16.5. The number of pyridine rings is 1. The molecule has 0 bridgehead atoms. The van der Waals surface area contributed by atoms with Crippen molar-refractivity contribution < 1.29 is 14.3 Å². The minimum absolute atomic E-state index is 0.0149. The van der Waals surface area contributed by atoms with Crippen molar-refractivity contribution in [1.82, 2.24) is 9.88 Å². The van der Waals surface area contributed by atoms with Crippen molar-refractivity contribution in [3.05, 3.63) is 71.4 Å². The van der Waals surface area contributed by atoms with Gasteiger partial charge in [0, 0.05) is 37.8 Å². The van der Waals surface area contributed by atoms with Gasteiger partial charge < -0.3 is 15.0 Å². The monoisotopic (exact) mass is 401 g/mol. The molecule has 0 fully saturated rings. The minimum atomic E-state index is -0.115. The van der Waals surface area contributed by atoms with E-state index in [0.717, 1.165) is 33.2 Å². The molecule has 0 spiro atoms. The summed E-state index contributed by atoms with van der Waals surface area (Å²) in [6, 6.07) is 14.0. The fraction of sp³-hybridized carbons (Fsp3) is 0.208. The Hall–Kier alpha value is -3.67. The fourth-order valence-corrected chi connectivity index (χ4v) is 3.65. The van der Waals surface area contributed by atoms with Crippen LogP contribution in [0, 0.1) is 0 Å². The van der Waals surface area contributed by atoms with E-state index in [-0.39, 0.29) is 11.8 Å². The molecule has 0 saturated carbocycles. The lowest BCUT2D eigenvalue weighted by Crippen LogP contribution is -2.24. The topological polar surface area (TPSA) is 71.5 Å². The van der Waals surface area contributed by atoms with E-state index in [1.807, 2.05) is 42.5 Å². The van der Waals surface area contributed by atoms with Crippen molar-refractivity contribution >= 4 is 34.5 Å². The van der Waals surface area contributed by atoms with Crippen LogP contribution >= 0.6 is 0 Å². The molecular formula is C24H23N3O3. The highest BCUT2D eigenvalue weighted by Gasteiger charge is 2.16. The van der Waals surface area contributed by atoms with Crippen molar-refractivity contribution in [2.24, 2.45) is 0 Å². The molecule has 1 aromatic heterocycles. The van der Waals surface area contributed by atoms with Crippen molar-refractivity contribution in [2.45, 2.75) is 19.4 Å². The first-order valence-corrected chi connectivity index (χ1v) is 9.81. The number of ether oxygens (including phenoxy) is 1. The number of hydrogen-bond acceptors (Lipinski definition) is 4. The number of anilines is 1. The van der Waals surface area contributed by atoms with E-state index in [1.54, 1.807) is 37.4 Å². The third-order valence-corrected chi connectivity index (χ3v) is 5.27. The molecule has 1 N–H and O–H groups in total. The van der Waals surface area contributed by atoms with E-state index >= 15 is 0 Å². The van der Waals surface area contributed by atoms with Gasteiger partial charge in [0.25, 0.3) is 0 Å². The number of nitrogens with one attached hydrogen (secondary N) is 1. The SMILES string of the molecule is COc1ccc2ccccc2c1CN(C)C(=O)/C=C/c1cnc2c(c1)CCC(=O)N2. The number of fused-ring (bicyclic) bond motifs is 2. The van der Waals surface area contributed by atoms with Crippen LogP contribution in [0.25, 0.3) is 16.8 Å². The van der Waals surface area contributed by atoms with Crippen LogP contribution in [0.2, 0.25) is 0 Å². The molecular weight excluding hydrogens is 378 g/mol. The number of nitrogens with zero attached hydrogens (tertiary/aromatic N) is 2. The van der Waals surface area contributed by atoms with Crippen LogP contribution in [0.5, 0.6) is 5.75 Å².